The maximum absolute atomic E-state index is 13.8. The van der Waals surface area contributed by atoms with Crippen molar-refractivity contribution >= 4 is 5.65 Å². The van der Waals surface area contributed by atoms with E-state index in [0.717, 1.165) is 35.1 Å². The predicted octanol–water partition coefficient (Wildman–Crippen LogP) is 4.87. The number of pyridine rings is 1. The van der Waals surface area contributed by atoms with Crippen LogP contribution in [0.2, 0.25) is 0 Å². The van der Waals surface area contributed by atoms with Crippen molar-refractivity contribution in [3.05, 3.63) is 84.2 Å². The minimum atomic E-state index is -0.517. The number of hydrogen-bond acceptors (Lipinski definition) is 3. The Morgan fingerprint density at radius 1 is 1.00 bits per heavy atom. The summed E-state index contributed by atoms with van der Waals surface area (Å²) in [5, 5.41) is 0. The van der Waals surface area contributed by atoms with Crippen LogP contribution in [0.4, 0.5) is 8.78 Å². The van der Waals surface area contributed by atoms with Gasteiger partial charge in [0.05, 0.1) is 12.8 Å². The molecule has 0 saturated carbocycles. The van der Waals surface area contributed by atoms with Crippen LogP contribution in [0.15, 0.2) is 67.0 Å². The van der Waals surface area contributed by atoms with Gasteiger partial charge in [-0.05, 0) is 48.5 Å². The smallest absolute Gasteiger partial charge is 0.161 e. The number of benzene rings is 2. The quantitative estimate of drug-likeness (QED) is 0.506. The maximum Gasteiger partial charge on any atom is 0.161 e. The van der Waals surface area contributed by atoms with Gasteiger partial charge in [-0.2, -0.15) is 0 Å². The molecule has 2 aromatic heterocycles. The molecule has 4 nitrogen and oxygen atoms in total. The second-order valence-electron chi connectivity index (χ2n) is 5.98. The fraction of sp³-hybridized carbons (Fsp3) is 0.0952. The van der Waals surface area contributed by atoms with Gasteiger partial charge in [0.15, 0.2) is 11.5 Å². The van der Waals surface area contributed by atoms with E-state index >= 15 is 0 Å². The van der Waals surface area contributed by atoms with Crippen LogP contribution >= 0.6 is 0 Å². The van der Waals surface area contributed by atoms with Gasteiger partial charge >= 0.3 is 0 Å². The van der Waals surface area contributed by atoms with Crippen LogP contribution < -0.4 is 9.47 Å². The topological polar surface area (TPSA) is 35.8 Å². The van der Waals surface area contributed by atoms with Crippen LogP contribution in [-0.4, -0.2) is 16.5 Å². The summed E-state index contributed by atoms with van der Waals surface area (Å²) < 4.78 is 40.0. The molecule has 0 spiro atoms. The molecule has 0 aliphatic rings. The van der Waals surface area contributed by atoms with Gasteiger partial charge in [-0.25, -0.2) is 13.8 Å². The highest BCUT2D eigenvalue weighted by Crippen LogP contribution is 2.33. The van der Waals surface area contributed by atoms with Crippen molar-refractivity contribution in [3.63, 3.8) is 0 Å². The normalized spacial score (nSPS) is 10.9. The second-order valence-corrected chi connectivity index (χ2v) is 5.98. The molecule has 4 aromatic rings. The molecule has 0 bridgehead atoms. The number of fused-ring (bicyclic) bond motifs is 1. The van der Waals surface area contributed by atoms with E-state index in [1.54, 1.807) is 12.1 Å². The molecule has 0 aliphatic heterocycles. The first-order valence-electron chi connectivity index (χ1n) is 8.33. The summed E-state index contributed by atoms with van der Waals surface area (Å²) in [6.45, 7) is -0.104. The zero-order valence-corrected chi connectivity index (χ0v) is 14.5. The van der Waals surface area contributed by atoms with E-state index < -0.39 is 11.6 Å². The monoisotopic (exact) mass is 366 g/mol. The Hall–Kier alpha value is -3.41. The molecule has 0 amide bonds. The van der Waals surface area contributed by atoms with Crippen molar-refractivity contribution in [2.75, 3.05) is 7.11 Å². The first-order valence-corrected chi connectivity index (χ1v) is 8.33. The van der Waals surface area contributed by atoms with E-state index in [-0.39, 0.29) is 12.2 Å². The molecular formula is C21H16F2N2O2. The molecule has 6 heteroatoms. The SMILES string of the molecule is COc1cc(-c2cn3ccccc3n2)ccc1OCc1cc(F)ccc1F. The lowest BCUT2D eigenvalue weighted by atomic mass is 10.1. The van der Waals surface area contributed by atoms with Crippen LogP contribution in [0.3, 0.4) is 0 Å². The van der Waals surface area contributed by atoms with Gasteiger partial charge in [-0.1, -0.05) is 6.07 Å². The van der Waals surface area contributed by atoms with E-state index in [9.17, 15) is 8.78 Å². The van der Waals surface area contributed by atoms with Crippen molar-refractivity contribution in [2.24, 2.45) is 0 Å². The molecule has 0 saturated heterocycles. The highest BCUT2D eigenvalue weighted by atomic mass is 19.1. The van der Waals surface area contributed by atoms with Gasteiger partial charge in [-0.15, -0.1) is 0 Å². The Labute approximate surface area is 154 Å². The molecule has 2 heterocycles. The summed E-state index contributed by atoms with van der Waals surface area (Å²) >= 11 is 0. The molecule has 136 valence electrons. The van der Waals surface area contributed by atoms with E-state index in [0.29, 0.717) is 11.5 Å². The fourth-order valence-corrected chi connectivity index (χ4v) is 2.83. The zero-order valence-electron chi connectivity index (χ0n) is 14.5. The first kappa shape index (κ1) is 17.0. The van der Waals surface area contributed by atoms with Gasteiger partial charge in [0.1, 0.15) is 23.9 Å². The maximum atomic E-state index is 13.8. The molecule has 4 rings (SSSR count). The van der Waals surface area contributed by atoms with Crippen molar-refractivity contribution in [2.45, 2.75) is 6.61 Å². The fourth-order valence-electron chi connectivity index (χ4n) is 2.83. The van der Waals surface area contributed by atoms with Crippen molar-refractivity contribution in [3.8, 4) is 22.8 Å². The Bertz CT molecular complexity index is 1080. The standard InChI is InChI=1S/C21H16F2N2O2/c1-26-20-11-14(18-12-25-9-3-2-4-21(25)24-18)5-8-19(20)27-13-15-10-16(22)6-7-17(15)23/h2-12H,13H2,1H3. The Kier molecular flexibility index (Phi) is 4.46. The Balaban J connectivity index is 1.60. The molecule has 0 radical (unpaired) electrons. The van der Waals surface area contributed by atoms with Gasteiger partial charge in [0.25, 0.3) is 0 Å². The van der Waals surface area contributed by atoms with Crippen molar-refractivity contribution in [1.29, 1.82) is 0 Å². The predicted molar refractivity (Wildman–Crippen MR) is 97.9 cm³/mol. The third kappa shape index (κ3) is 3.46. The number of halogens is 2. The van der Waals surface area contributed by atoms with Crippen LogP contribution in [0.1, 0.15) is 5.56 Å². The number of aromatic nitrogens is 2. The van der Waals surface area contributed by atoms with Crippen molar-refractivity contribution < 1.29 is 18.3 Å². The molecule has 0 N–H and O–H groups in total. The lowest BCUT2D eigenvalue weighted by Gasteiger charge is -2.12. The highest BCUT2D eigenvalue weighted by molar-refractivity contribution is 5.66. The highest BCUT2D eigenvalue weighted by Gasteiger charge is 2.11. The first-order chi connectivity index (χ1) is 13.1. The summed E-state index contributed by atoms with van der Waals surface area (Å²) in [6.07, 6.45) is 3.85. The lowest BCUT2D eigenvalue weighted by Crippen LogP contribution is -2.01. The third-order valence-electron chi connectivity index (χ3n) is 4.21. The zero-order chi connectivity index (χ0) is 18.8. The van der Waals surface area contributed by atoms with Crippen molar-refractivity contribution in [1.82, 2.24) is 9.38 Å². The largest absolute Gasteiger partial charge is 0.493 e. The molecule has 0 fully saturated rings. The molecular weight excluding hydrogens is 350 g/mol. The third-order valence-corrected chi connectivity index (χ3v) is 4.21. The second kappa shape index (κ2) is 7.07. The van der Waals surface area contributed by atoms with Crippen LogP contribution in [0, 0.1) is 11.6 Å². The summed E-state index contributed by atoms with van der Waals surface area (Å²) in [6, 6.07) is 14.4. The number of hydrogen-bond donors (Lipinski definition) is 0. The van der Waals surface area contributed by atoms with Gasteiger partial charge in [0.2, 0.25) is 0 Å². The summed E-state index contributed by atoms with van der Waals surface area (Å²) in [7, 11) is 1.53. The number of nitrogens with zero attached hydrogens (tertiary/aromatic N) is 2. The average molecular weight is 366 g/mol. The van der Waals surface area contributed by atoms with Gasteiger partial charge < -0.3 is 13.9 Å². The minimum Gasteiger partial charge on any atom is -0.493 e. The average Bonchev–Trinajstić information content (AvgIpc) is 3.13. The number of imidazole rings is 1. The summed E-state index contributed by atoms with van der Waals surface area (Å²) in [5.74, 6) is -0.101. The van der Waals surface area contributed by atoms with Crippen LogP contribution in [0.5, 0.6) is 11.5 Å². The van der Waals surface area contributed by atoms with Gasteiger partial charge in [-0.3, -0.25) is 0 Å². The summed E-state index contributed by atoms with van der Waals surface area (Å²) in [5.41, 5.74) is 2.64. The molecule has 27 heavy (non-hydrogen) atoms. The van der Waals surface area contributed by atoms with E-state index in [1.165, 1.54) is 7.11 Å². The number of rotatable bonds is 5. The van der Waals surface area contributed by atoms with E-state index in [2.05, 4.69) is 4.98 Å². The van der Waals surface area contributed by atoms with E-state index in [1.807, 2.05) is 41.1 Å². The van der Waals surface area contributed by atoms with Crippen LogP contribution in [-0.2, 0) is 6.61 Å². The van der Waals surface area contributed by atoms with E-state index in [4.69, 9.17) is 9.47 Å². The Morgan fingerprint density at radius 2 is 1.89 bits per heavy atom. The minimum absolute atomic E-state index is 0.104. The molecule has 0 unspecified atom stereocenters. The molecule has 0 aliphatic carbocycles. The molecule has 2 aromatic carbocycles. The molecule has 0 atom stereocenters. The Morgan fingerprint density at radius 3 is 2.70 bits per heavy atom. The van der Waals surface area contributed by atoms with Gasteiger partial charge in [0, 0.05) is 23.5 Å². The number of methoxy groups -OCH3 is 1. The van der Waals surface area contributed by atoms with Crippen LogP contribution in [0.25, 0.3) is 16.9 Å². The number of ether oxygens (including phenoxy) is 2. The lowest BCUT2D eigenvalue weighted by molar-refractivity contribution is 0.279. The summed E-state index contributed by atoms with van der Waals surface area (Å²) in [4.78, 5) is 4.58.